The second-order valence-electron chi connectivity index (χ2n) is 5.74. The van der Waals surface area contributed by atoms with Gasteiger partial charge in [-0.2, -0.15) is 5.10 Å². The fourth-order valence-corrected chi connectivity index (χ4v) is 3.44. The SMILES string of the molecule is CCC1(C(O)c2c(Cl)cnn2C(C)C)CCCC1. The second kappa shape index (κ2) is 5.22. The molecule has 0 amide bonds. The van der Waals surface area contributed by atoms with Crippen LogP contribution in [0.1, 0.15) is 70.7 Å². The van der Waals surface area contributed by atoms with Crippen molar-refractivity contribution in [3.05, 3.63) is 16.9 Å². The minimum absolute atomic E-state index is 0.00366. The van der Waals surface area contributed by atoms with Crippen molar-refractivity contribution in [2.24, 2.45) is 5.41 Å². The molecule has 1 fully saturated rings. The minimum Gasteiger partial charge on any atom is -0.386 e. The van der Waals surface area contributed by atoms with Crippen molar-refractivity contribution in [2.45, 2.75) is 65.0 Å². The van der Waals surface area contributed by atoms with Crippen molar-refractivity contribution in [2.75, 3.05) is 0 Å². The van der Waals surface area contributed by atoms with Crippen LogP contribution in [-0.4, -0.2) is 14.9 Å². The first kappa shape index (κ1) is 13.9. The van der Waals surface area contributed by atoms with Gasteiger partial charge in [0, 0.05) is 11.5 Å². The Morgan fingerprint density at radius 1 is 1.44 bits per heavy atom. The summed E-state index contributed by atoms with van der Waals surface area (Å²) in [5.41, 5.74) is 0.798. The number of hydrogen-bond donors (Lipinski definition) is 1. The zero-order valence-corrected chi connectivity index (χ0v) is 12.2. The monoisotopic (exact) mass is 270 g/mol. The molecule has 0 saturated heterocycles. The molecular formula is C14H23ClN2O. The summed E-state index contributed by atoms with van der Waals surface area (Å²) in [6.07, 6.45) is 6.74. The molecule has 4 heteroatoms. The van der Waals surface area contributed by atoms with Crippen LogP contribution in [0.5, 0.6) is 0 Å². The number of halogens is 1. The lowest BCUT2D eigenvalue weighted by atomic mass is 9.76. The maximum absolute atomic E-state index is 10.8. The number of hydrogen-bond acceptors (Lipinski definition) is 2. The van der Waals surface area contributed by atoms with Crippen LogP contribution in [-0.2, 0) is 0 Å². The summed E-state index contributed by atoms with van der Waals surface area (Å²) < 4.78 is 1.86. The zero-order chi connectivity index (χ0) is 13.3. The molecule has 2 rings (SSSR count). The Hall–Kier alpha value is -0.540. The smallest absolute Gasteiger partial charge is 0.103 e. The molecule has 1 aromatic rings. The molecule has 1 unspecified atom stereocenters. The van der Waals surface area contributed by atoms with E-state index in [1.165, 1.54) is 12.8 Å². The molecule has 1 saturated carbocycles. The van der Waals surface area contributed by atoms with Crippen molar-refractivity contribution in [3.63, 3.8) is 0 Å². The van der Waals surface area contributed by atoms with E-state index in [2.05, 4.69) is 25.9 Å². The highest BCUT2D eigenvalue weighted by molar-refractivity contribution is 6.31. The van der Waals surface area contributed by atoms with Crippen LogP contribution >= 0.6 is 11.6 Å². The summed E-state index contributed by atoms with van der Waals surface area (Å²) in [5.74, 6) is 0. The van der Waals surface area contributed by atoms with E-state index in [9.17, 15) is 5.11 Å². The van der Waals surface area contributed by atoms with E-state index < -0.39 is 6.10 Å². The van der Waals surface area contributed by atoms with Gasteiger partial charge in [0.25, 0.3) is 0 Å². The van der Waals surface area contributed by atoms with Crippen molar-refractivity contribution in [3.8, 4) is 0 Å². The number of rotatable bonds is 4. The molecule has 102 valence electrons. The fourth-order valence-electron chi connectivity index (χ4n) is 3.21. The third-order valence-corrected chi connectivity index (χ3v) is 4.71. The lowest BCUT2D eigenvalue weighted by Crippen LogP contribution is -2.28. The summed E-state index contributed by atoms with van der Waals surface area (Å²) in [5, 5.41) is 15.7. The first-order valence-corrected chi connectivity index (χ1v) is 7.30. The predicted molar refractivity (Wildman–Crippen MR) is 73.8 cm³/mol. The Labute approximate surface area is 114 Å². The lowest BCUT2D eigenvalue weighted by Gasteiger charge is -2.34. The molecule has 0 aliphatic heterocycles. The van der Waals surface area contributed by atoms with Crippen molar-refractivity contribution in [1.29, 1.82) is 0 Å². The highest BCUT2D eigenvalue weighted by Gasteiger charge is 2.42. The van der Waals surface area contributed by atoms with Crippen LogP contribution < -0.4 is 0 Å². The molecule has 0 radical (unpaired) electrons. The van der Waals surface area contributed by atoms with Crippen LogP contribution in [0, 0.1) is 5.41 Å². The Balaban J connectivity index is 2.38. The van der Waals surface area contributed by atoms with Gasteiger partial charge in [0.2, 0.25) is 0 Å². The molecule has 1 atom stereocenters. The Morgan fingerprint density at radius 3 is 2.56 bits per heavy atom. The lowest BCUT2D eigenvalue weighted by molar-refractivity contribution is 0.0163. The minimum atomic E-state index is -0.498. The van der Waals surface area contributed by atoms with Gasteiger partial charge < -0.3 is 5.11 Å². The average molecular weight is 271 g/mol. The molecule has 0 bridgehead atoms. The molecule has 1 aliphatic rings. The van der Waals surface area contributed by atoms with E-state index in [-0.39, 0.29) is 11.5 Å². The Morgan fingerprint density at radius 2 is 2.06 bits per heavy atom. The first-order chi connectivity index (χ1) is 8.52. The molecule has 18 heavy (non-hydrogen) atoms. The number of aliphatic hydroxyl groups excluding tert-OH is 1. The highest BCUT2D eigenvalue weighted by Crippen LogP contribution is 2.51. The van der Waals surface area contributed by atoms with E-state index in [1.54, 1.807) is 6.20 Å². The van der Waals surface area contributed by atoms with Gasteiger partial charge in [0.1, 0.15) is 6.10 Å². The van der Waals surface area contributed by atoms with Gasteiger partial charge in [-0.05, 0) is 33.1 Å². The van der Waals surface area contributed by atoms with E-state index in [0.717, 1.165) is 25.0 Å². The van der Waals surface area contributed by atoms with Gasteiger partial charge in [-0.1, -0.05) is 31.4 Å². The highest BCUT2D eigenvalue weighted by atomic mass is 35.5. The fraction of sp³-hybridized carbons (Fsp3) is 0.786. The maximum atomic E-state index is 10.8. The summed E-state index contributed by atoms with van der Waals surface area (Å²) in [6.45, 7) is 6.29. The average Bonchev–Trinajstić information content (AvgIpc) is 2.95. The van der Waals surface area contributed by atoms with E-state index in [1.807, 2.05) is 4.68 Å². The second-order valence-corrected chi connectivity index (χ2v) is 6.15. The maximum Gasteiger partial charge on any atom is 0.103 e. The van der Waals surface area contributed by atoms with Gasteiger partial charge in [-0.25, -0.2) is 0 Å². The number of aromatic nitrogens is 2. The largest absolute Gasteiger partial charge is 0.386 e. The molecule has 1 aromatic heterocycles. The molecule has 1 heterocycles. The van der Waals surface area contributed by atoms with Gasteiger partial charge in [0.15, 0.2) is 0 Å². The van der Waals surface area contributed by atoms with Crippen molar-refractivity contribution in [1.82, 2.24) is 9.78 Å². The van der Waals surface area contributed by atoms with Gasteiger partial charge in [0.05, 0.1) is 16.9 Å². The quantitative estimate of drug-likeness (QED) is 0.894. The normalized spacial score (nSPS) is 20.6. The molecule has 0 aromatic carbocycles. The van der Waals surface area contributed by atoms with Crippen LogP contribution in [0.15, 0.2) is 6.20 Å². The molecular weight excluding hydrogens is 248 g/mol. The van der Waals surface area contributed by atoms with Gasteiger partial charge >= 0.3 is 0 Å². The summed E-state index contributed by atoms with van der Waals surface area (Å²) in [6, 6.07) is 0.220. The molecule has 3 nitrogen and oxygen atoms in total. The summed E-state index contributed by atoms with van der Waals surface area (Å²) in [4.78, 5) is 0. The molecule has 1 N–H and O–H groups in total. The Kier molecular flexibility index (Phi) is 4.02. The number of nitrogens with zero attached hydrogens (tertiary/aromatic N) is 2. The molecule has 1 aliphatic carbocycles. The van der Waals surface area contributed by atoms with Crippen LogP contribution in [0.4, 0.5) is 0 Å². The van der Waals surface area contributed by atoms with Crippen molar-refractivity contribution < 1.29 is 5.11 Å². The zero-order valence-electron chi connectivity index (χ0n) is 11.5. The topological polar surface area (TPSA) is 38.1 Å². The van der Waals surface area contributed by atoms with Crippen LogP contribution in [0.2, 0.25) is 5.02 Å². The first-order valence-electron chi connectivity index (χ1n) is 6.93. The molecule has 0 spiro atoms. The van der Waals surface area contributed by atoms with Gasteiger partial charge in [-0.3, -0.25) is 4.68 Å². The summed E-state index contributed by atoms with van der Waals surface area (Å²) >= 11 is 6.24. The third-order valence-electron chi connectivity index (χ3n) is 4.42. The summed E-state index contributed by atoms with van der Waals surface area (Å²) in [7, 11) is 0. The van der Waals surface area contributed by atoms with E-state index in [4.69, 9.17) is 11.6 Å². The van der Waals surface area contributed by atoms with Crippen LogP contribution in [0.25, 0.3) is 0 Å². The standard InChI is InChI=1S/C14H23ClN2O/c1-4-14(7-5-6-8-14)13(18)12-11(15)9-16-17(12)10(2)3/h9-10,13,18H,4-8H2,1-3H3. The van der Waals surface area contributed by atoms with Crippen molar-refractivity contribution >= 4 is 11.6 Å². The number of aliphatic hydroxyl groups is 1. The van der Waals surface area contributed by atoms with Gasteiger partial charge in [-0.15, -0.1) is 0 Å². The van der Waals surface area contributed by atoms with E-state index >= 15 is 0 Å². The Bertz CT molecular complexity index is 408. The third kappa shape index (κ3) is 2.19. The van der Waals surface area contributed by atoms with E-state index in [0.29, 0.717) is 5.02 Å². The predicted octanol–water partition coefficient (Wildman–Crippen LogP) is 4.12. The van der Waals surface area contributed by atoms with Crippen LogP contribution in [0.3, 0.4) is 0 Å².